The molecule has 162 valence electrons. The van der Waals surface area contributed by atoms with Gasteiger partial charge in [0, 0.05) is 24.7 Å². The zero-order valence-corrected chi connectivity index (χ0v) is 18.1. The Balaban J connectivity index is 1.18. The van der Waals surface area contributed by atoms with Gasteiger partial charge in [-0.3, -0.25) is 4.79 Å². The molecule has 2 heterocycles. The Morgan fingerprint density at radius 3 is 2.45 bits per heavy atom. The van der Waals surface area contributed by atoms with E-state index in [-0.39, 0.29) is 11.9 Å². The second-order valence-corrected chi connectivity index (χ2v) is 9.41. The van der Waals surface area contributed by atoms with Crippen LogP contribution < -0.4 is 9.64 Å². The number of carbonyl (C=O) groups is 1. The maximum atomic E-state index is 12.5. The van der Waals surface area contributed by atoms with Gasteiger partial charge in [-0.15, -0.1) is 0 Å². The van der Waals surface area contributed by atoms with Crippen molar-refractivity contribution in [1.82, 2.24) is 0 Å². The minimum atomic E-state index is -0.398. The van der Waals surface area contributed by atoms with Crippen LogP contribution in [0.5, 0.6) is 5.75 Å². The van der Waals surface area contributed by atoms with Crippen molar-refractivity contribution in [3.63, 3.8) is 0 Å². The van der Waals surface area contributed by atoms with Gasteiger partial charge in [-0.1, -0.05) is 36.4 Å². The molecule has 3 fully saturated rings. The van der Waals surface area contributed by atoms with E-state index in [0.29, 0.717) is 13.2 Å². The van der Waals surface area contributed by atoms with Crippen LogP contribution in [0.15, 0.2) is 60.7 Å². The van der Waals surface area contributed by atoms with Gasteiger partial charge in [0.2, 0.25) is 0 Å². The quantitative estimate of drug-likeness (QED) is 0.472. The molecule has 2 aliphatic heterocycles. The average molecular weight is 418 g/mol. The fourth-order valence-electron chi connectivity index (χ4n) is 5.45. The van der Waals surface area contributed by atoms with Crippen molar-refractivity contribution in [2.75, 3.05) is 24.6 Å². The highest BCUT2D eigenvalue weighted by Gasteiger charge is 2.55. The fourth-order valence-corrected chi connectivity index (χ4v) is 5.45. The molecule has 2 atom stereocenters. The van der Waals surface area contributed by atoms with Crippen LogP contribution in [-0.4, -0.2) is 25.7 Å². The van der Waals surface area contributed by atoms with Crippen molar-refractivity contribution < 1.29 is 14.3 Å². The minimum Gasteiger partial charge on any atom is -0.489 e. The number of nitrogens with zero attached hydrogens (tertiary/aromatic N) is 1. The molecule has 2 unspecified atom stereocenters. The number of ether oxygens (including phenoxy) is 2. The lowest BCUT2D eigenvalue weighted by Crippen LogP contribution is -2.31. The first-order valence-electron chi connectivity index (χ1n) is 11.5. The summed E-state index contributed by atoms with van der Waals surface area (Å²) in [6.45, 7) is 7.52. The summed E-state index contributed by atoms with van der Waals surface area (Å²) < 4.78 is 11.4. The lowest BCUT2D eigenvalue weighted by atomic mass is 9.75. The van der Waals surface area contributed by atoms with E-state index in [1.54, 1.807) is 0 Å². The highest BCUT2D eigenvalue weighted by molar-refractivity contribution is 5.81. The number of hydrogen-bond acceptors (Lipinski definition) is 4. The maximum absolute atomic E-state index is 12.5. The molecule has 1 saturated carbocycles. The van der Waals surface area contributed by atoms with Crippen molar-refractivity contribution in [2.45, 2.75) is 45.1 Å². The van der Waals surface area contributed by atoms with Gasteiger partial charge >= 0.3 is 5.97 Å². The molecule has 0 N–H and O–H groups in total. The Morgan fingerprint density at radius 1 is 1.00 bits per heavy atom. The van der Waals surface area contributed by atoms with Crippen molar-refractivity contribution in [3.05, 3.63) is 71.8 Å². The lowest BCUT2D eigenvalue weighted by Gasteiger charge is -2.28. The normalized spacial score (nSPS) is 25.4. The van der Waals surface area contributed by atoms with Gasteiger partial charge in [0.15, 0.2) is 0 Å². The Bertz CT molecular complexity index is 943. The van der Waals surface area contributed by atoms with Crippen LogP contribution in [-0.2, 0) is 22.6 Å². The SMILES string of the molecule is C=C1CC2COC(=O)C2(Cc2ccc(COc3ccc(N4CCCCC4)cc3)cc2)C1. The van der Waals surface area contributed by atoms with Crippen LogP contribution >= 0.6 is 0 Å². The summed E-state index contributed by atoms with van der Waals surface area (Å²) >= 11 is 0. The van der Waals surface area contributed by atoms with Gasteiger partial charge in [0.25, 0.3) is 0 Å². The van der Waals surface area contributed by atoms with Crippen LogP contribution in [0.3, 0.4) is 0 Å². The summed E-state index contributed by atoms with van der Waals surface area (Å²) in [5.41, 5.74) is 4.37. The highest BCUT2D eigenvalue weighted by atomic mass is 16.5. The van der Waals surface area contributed by atoms with E-state index in [2.05, 4.69) is 60.0 Å². The average Bonchev–Trinajstić information content (AvgIpc) is 3.28. The summed E-state index contributed by atoms with van der Waals surface area (Å²) in [7, 11) is 0. The van der Waals surface area contributed by atoms with E-state index in [1.807, 2.05) is 0 Å². The summed E-state index contributed by atoms with van der Waals surface area (Å²) in [4.78, 5) is 14.9. The molecule has 0 spiro atoms. The van der Waals surface area contributed by atoms with Crippen molar-refractivity contribution in [1.29, 1.82) is 0 Å². The van der Waals surface area contributed by atoms with E-state index < -0.39 is 5.41 Å². The maximum Gasteiger partial charge on any atom is 0.313 e. The van der Waals surface area contributed by atoms with Gasteiger partial charge in [0.1, 0.15) is 12.4 Å². The van der Waals surface area contributed by atoms with E-state index in [0.717, 1.165) is 43.7 Å². The summed E-state index contributed by atoms with van der Waals surface area (Å²) in [6.07, 6.45) is 6.31. The van der Waals surface area contributed by atoms with Crippen LogP contribution in [0.2, 0.25) is 0 Å². The molecule has 2 saturated heterocycles. The monoisotopic (exact) mass is 417 g/mol. The van der Waals surface area contributed by atoms with E-state index in [1.165, 1.54) is 36.1 Å². The second-order valence-electron chi connectivity index (χ2n) is 9.41. The van der Waals surface area contributed by atoms with Crippen molar-refractivity contribution in [2.24, 2.45) is 11.3 Å². The predicted octanol–water partition coefficient (Wildman–Crippen LogP) is 5.31. The molecule has 4 heteroatoms. The van der Waals surface area contributed by atoms with Gasteiger partial charge < -0.3 is 14.4 Å². The van der Waals surface area contributed by atoms with Crippen LogP contribution in [0, 0.1) is 11.3 Å². The fraction of sp³-hybridized carbons (Fsp3) is 0.444. The Morgan fingerprint density at radius 2 is 1.71 bits per heavy atom. The number of rotatable bonds is 6. The van der Waals surface area contributed by atoms with Crippen LogP contribution in [0.1, 0.15) is 43.2 Å². The van der Waals surface area contributed by atoms with Gasteiger partial charge in [-0.2, -0.15) is 0 Å². The second kappa shape index (κ2) is 8.41. The molecular weight excluding hydrogens is 386 g/mol. The van der Waals surface area contributed by atoms with Crippen LogP contribution in [0.4, 0.5) is 5.69 Å². The number of hydrogen-bond donors (Lipinski definition) is 0. The number of carbonyl (C=O) groups excluding carboxylic acids is 1. The summed E-state index contributed by atoms with van der Waals surface area (Å²) in [5.74, 6) is 1.13. The molecular formula is C27H31NO3. The van der Waals surface area contributed by atoms with Crippen molar-refractivity contribution in [3.8, 4) is 5.75 Å². The first kappa shape index (κ1) is 20.2. The minimum absolute atomic E-state index is 0.0449. The molecule has 5 rings (SSSR count). The topological polar surface area (TPSA) is 38.8 Å². The zero-order chi connectivity index (χ0) is 21.3. The smallest absolute Gasteiger partial charge is 0.313 e. The molecule has 0 aromatic heterocycles. The van der Waals surface area contributed by atoms with Gasteiger partial charge in [0.05, 0.1) is 12.0 Å². The Kier molecular flexibility index (Phi) is 5.47. The van der Waals surface area contributed by atoms with E-state index >= 15 is 0 Å². The van der Waals surface area contributed by atoms with Crippen molar-refractivity contribution >= 4 is 11.7 Å². The number of benzene rings is 2. The first-order chi connectivity index (χ1) is 15.1. The molecule has 2 aromatic rings. The first-order valence-corrected chi connectivity index (χ1v) is 11.5. The van der Waals surface area contributed by atoms with E-state index in [4.69, 9.17) is 9.47 Å². The van der Waals surface area contributed by atoms with Crippen LogP contribution in [0.25, 0.3) is 0 Å². The summed E-state index contributed by atoms with van der Waals surface area (Å²) in [6, 6.07) is 16.9. The third kappa shape index (κ3) is 4.08. The van der Waals surface area contributed by atoms with Gasteiger partial charge in [-0.25, -0.2) is 0 Å². The molecule has 2 aromatic carbocycles. The van der Waals surface area contributed by atoms with Gasteiger partial charge in [-0.05, 0) is 73.9 Å². The molecule has 4 nitrogen and oxygen atoms in total. The predicted molar refractivity (Wildman–Crippen MR) is 122 cm³/mol. The molecule has 1 aliphatic carbocycles. The highest BCUT2D eigenvalue weighted by Crippen LogP contribution is 2.52. The molecule has 0 radical (unpaired) electrons. The Labute approximate surface area is 184 Å². The third-order valence-electron chi connectivity index (χ3n) is 7.21. The number of allylic oxidation sites excluding steroid dienone is 1. The number of cyclic esters (lactones) is 1. The molecule has 0 bridgehead atoms. The molecule has 31 heavy (non-hydrogen) atoms. The zero-order valence-electron chi connectivity index (χ0n) is 18.1. The standard InChI is InChI=1S/C27H31NO3/c1-20-15-23-19-31-26(29)27(23,16-20)17-21-5-7-22(8-6-21)18-30-25-11-9-24(10-12-25)28-13-3-2-4-14-28/h5-12,23H,1-4,13-19H2. The number of piperidine rings is 1. The Hall–Kier alpha value is -2.75. The number of fused-ring (bicyclic) bond motifs is 1. The number of anilines is 1. The molecule has 0 amide bonds. The number of esters is 1. The lowest BCUT2D eigenvalue weighted by molar-refractivity contribution is -0.146. The largest absolute Gasteiger partial charge is 0.489 e. The van der Waals surface area contributed by atoms with E-state index in [9.17, 15) is 4.79 Å². The molecule has 3 aliphatic rings. The summed E-state index contributed by atoms with van der Waals surface area (Å²) in [5, 5.41) is 0. The third-order valence-corrected chi connectivity index (χ3v) is 7.21.